The first-order valence-corrected chi connectivity index (χ1v) is 22.0. The van der Waals surface area contributed by atoms with Crippen LogP contribution in [0.25, 0.3) is 52.5 Å². The molecule has 48 heavy (non-hydrogen) atoms. The average Bonchev–Trinajstić information content (AvgIpc) is 3.92. The Kier molecular flexibility index (Phi) is 13.2. The third-order valence-electron chi connectivity index (χ3n) is 8.67. The second-order valence-corrected chi connectivity index (χ2v) is 19.4. The molecule has 0 nitrogen and oxygen atoms in total. The molecule has 0 saturated carbocycles. The average molecular weight is 835 g/mol. The summed E-state index contributed by atoms with van der Waals surface area (Å²) >= 11 is 14.9. The van der Waals surface area contributed by atoms with E-state index in [4.69, 9.17) is 0 Å². The number of aryl methyl sites for hydroxylation is 2. The molecule has 0 aliphatic rings. The van der Waals surface area contributed by atoms with Gasteiger partial charge in [-0.15, -0.1) is 45.3 Å². The predicted molar refractivity (Wildman–Crippen MR) is 226 cm³/mol. The zero-order valence-corrected chi connectivity index (χ0v) is 34.1. The smallest absolute Gasteiger partial charge is 0.0705 e. The van der Waals surface area contributed by atoms with E-state index in [0.717, 1.165) is 12.8 Å². The van der Waals surface area contributed by atoms with Crippen molar-refractivity contribution in [2.45, 2.75) is 78.1 Å². The lowest BCUT2D eigenvalue weighted by molar-refractivity contribution is 0.668. The highest BCUT2D eigenvalue weighted by Crippen LogP contribution is 2.44. The van der Waals surface area contributed by atoms with Crippen LogP contribution in [-0.4, -0.2) is 0 Å². The van der Waals surface area contributed by atoms with Crippen molar-refractivity contribution in [3.63, 3.8) is 0 Å². The largest absolute Gasteiger partial charge is 0.134 e. The molecule has 0 radical (unpaired) electrons. The number of rotatable bonds is 16. The van der Waals surface area contributed by atoms with Crippen LogP contribution in [0.5, 0.6) is 0 Å². The number of thiophene rings is 4. The summed E-state index contributed by atoms with van der Waals surface area (Å²) < 4.78 is 2.39. The van der Waals surface area contributed by atoms with E-state index in [2.05, 4.69) is 143 Å². The highest BCUT2D eigenvalue weighted by molar-refractivity contribution is 9.11. The molecule has 0 aliphatic carbocycles. The van der Waals surface area contributed by atoms with E-state index in [1.807, 2.05) is 45.3 Å². The third-order valence-corrected chi connectivity index (χ3v) is 14.7. The molecule has 248 valence electrons. The Balaban J connectivity index is 1.14. The quantitative estimate of drug-likeness (QED) is 0.0673. The zero-order valence-electron chi connectivity index (χ0n) is 27.7. The second kappa shape index (κ2) is 17.7. The summed E-state index contributed by atoms with van der Waals surface area (Å²) in [7, 11) is 0. The van der Waals surface area contributed by atoms with Crippen molar-refractivity contribution in [3.8, 4) is 40.4 Å². The molecule has 4 heterocycles. The highest BCUT2D eigenvalue weighted by atomic mass is 79.9. The van der Waals surface area contributed by atoms with Crippen LogP contribution in [0.15, 0.2) is 92.5 Å². The molecule has 4 aromatic heterocycles. The molecular weight excluding hydrogens is 793 g/mol. The molecule has 0 aliphatic heterocycles. The van der Waals surface area contributed by atoms with Crippen LogP contribution in [0.1, 0.15) is 87.5 Å². The molecule has 6 rings (SSSR count). The van der Waals surface area contributed by atoms with E-state index in [1.165, 1.54) is 122 Å². The van der Waals surface area contributed by atoms with E-state index in [-0.39, 0.29) is 0 Å². The fourth-order valence-corrected chi connectivity index (χ4v) is 11.5. The first-order chi connectivity index (χ1) is 23.5. The summed E-state index contributed by atoms with van der Waals surface area (Å²) in [6.07, 6.45) is 17.1. The van der Waals surface area contributed by atoms with E-state index in [9.17, 15) is 0 Å². The summed E-state index contributed by atoms with van der Waals surface area (Å²) in [5.41, 5.74) is 8.03. The van der Waals surface area contributed by atoms with Gasteiger partial charge in [-0.05, 0) is 127 Å². The zero-order chi connectivity index (χ0) is 33.3. The van der Waals surface area contributed by atoms with Crippen molar-refractivity contribution >= 4 is 89.4 Å². The van der Waals surface area contributed by atoms with Crippen molar-refractivity contribution in [2.24, 2.45) is 0 Å². The number of hydrogen-bond acceptors (Lipinski definition) is 4. The maximum atomic E-state index is 3.67. The summed E-state index contributed by atoms with van der Waals surface area (Å²) in [6.45, 7) is 4.56. The number of unbranched alkanes of at least 4 members (excludes halogenated alkanes) is 6. The van der Waals surface area contributed by atoms with Crippen LogP contribution >= 0.6 is 77.2 Å². The van der Waals surface area contributed by atoms with Crippen LogP contribution in [0.4, 0.5) is 0 Å². The first-order valence-electron chi connectivity index (χ1n) is 17.2. The standard InChI is InChI=1S/C42H42Br2S4/c1-3-5-7-9-11-33-27-37(47-41(33)35-23-25-39(43)45-35)31-19-15-29(16-20-31)13-14-30-17-21-32(22-18-30)38-28-34(12-10-8-6-4-2)42(48-38)36-24-26-40(44)46-36/h13-28H,3-12H2,1-2H3. The van der Waals surface area contributed by atoms with Gasteiger partial charge in [-0.1, -0.05) is 113 Å². The lowest BCUT2D eigenvalue weighted by Gasteiger charge is -2.01. The Morgan fingerprint density at radius 2 is 0.875 bits per heavy atom. The topological polar surface area (TPSA) is 0 Å². The fourth-order valence-electron chi connectivity index (χ4n) is 6.00. The van der Waals surface area contributed by atoms with Gasteiger partial charge in [0.15, 0.2) is 0 Å². The minimum atomic E-state index is 1.15. The maximum absolute atomic E-state index is 3.67. The van der Waals surface area contributed by atoms with Gasteiger partial charge in [0.2, 0.25) is 0 Å². The van der Waals surface area contributed by atoms with Crippen molar-refractivity contribution in [3.05, 3.63) is 115 Å². The SMILES string of the molecule is CCCCCCc1cc(-c2ccc(C=Cc3ccc(-c4cc(CCCCCC)c(-c5ccc(Br)s5)s4)cc3)cc2)sc1-c1ccc(Br)s1. The monoisotopic (exact) mass is 832 g/mol. The summed E-state index contributed by atoms with van der Waals surface area (Å²) in [4.78, 5) is 8.33. The Bertz CT molecular complexity index is 1770. The van der Waals surface area contributed by atoms with Gasteiger partial charge in [-0.2, -0.15) is 0 Å². The summed E-state index contributed by atoms with van der Waals surface area (Å²) in [5.74, 6) is 0. The van der Waals surface area contributed by atoms with Gasteiger partial charge in [0.1, 0.15) is 0 Å². The molecule has 0 N–H and O–H groups in total. The molecule has 0 amide bonds. The lowest BCUT2D eigenvalue weighted by Crippen LogP contribution is -1.85. The Morgan fingerprint density at radius 1 is 0.458 bits per heavy atom. The highest BCUT2D eigenvalue weighted by Gasteiger charge is 2.16. The minimum absolute atomic E-state index is 1.15. The van der Waals surface area contributed by atoms with Gasteiger partial charge in [0.05, 0.1) is 7.57 Å². The van der Waals surface area contributed by atoms with E-state index < -0.39 is 0 Å². The Hall–Kier alpha value is -2.06. The molecule has 0 unspecified atom stereocenters. The predicted octanol–water partition coefficient (Wildman–Crippen LogP) is 16.5. The van der Waals surface area contributed by atoms with Gasteiger partial charge >= 0.3 is 0 Å². The van der Waals surface area contributed by atoms with Crippen molar-refractivity contribution < 1.29 is 0 Å². The molecule has 0 spiro atoms. The molecule has 0 fully saturated rings. The van der Waals surface area contributed by atoms with E-state index in [0.29, 0.717) is 0 Å². The number of halogens is 2. The second-order valence-electron chi connectivity index (χ2n) is 12.3. The number of hydrogen-bond donors (Lipinski definition) is 0. The molecule has 6 heteroatoms. The molecule has 0 atom stereocenters. The Labute approximate surface area is 319 Å². The maximum Gasteiger partial charge on any atom is 0.0705 e. The van der Waals surface area contributed by atoms with E-state index >= 15 is 0 Å². The van der Waals surface area contributed by atoms with Gasteiger partial charge in [0.25, 0.3) is 0 Å². The molecule has 0 saturated heterocycles. The van der Waals surface area contributed by atoms with Crippen LogP contribution in [-0.2, 0) is 12.8 Å². The van der Waals surface area contributed by atoms with Crippen LogP contribution in [0.3, 0.4) is 0 Å². The van der Waals surface area contributed by atoms with Gasteiger partial charge in [-0.25, -0.2) is 0 Å². The molecule has 6 aromatic rings. The third kappa shape index (κ3) is 9.38. The van der Waals surface area contributed by atoms with Crippen LogP contribution < -0.4 is 0 Å². The normalized spacial score (nSPS) is 11.7. The lowest BCUT2D eigenvalue weighted by atomic mass is 10.0. The first kappa shape index (κ1) is 35.8. The van der Waals surface area contributed by atoms with Crippen LogP contribution in [0, 0.1) is 0 Å². The van der Waals surface area contributed by atoms with Crippen LogP contribution in [0.2, 0.25) is 0 Å². The number of benzene rings is 2. The molecule has 2 aromatic carbocycles. The Morgan fingerprint density at radius 3 is 1.23 bits per heavy atom. The summed E-state index contributed by atoms with van der Waals surface area (Å²) in [5, 5.41) is 0. The summed E-state index contributed by atoms with van der Waals surface area (Å²) in [6, 6.07) is 31.9. The minimum Gasteiger partial charge on any atom is -0.134 e. The fraction of sp³-hybridized carbons (Fsp3) is 0.286. The van der Waals surface area contributed by atoms with Gasteiger partial charge in [0, 0.05) is 29.3 Å². The molecular formula is C42H42Br2S4. The molecule has 0 bridgehead atoms. The van der Waals surface area contributed by atoms with Gasteiger partial charge < -0.3 is 0 Å². The van der Waals surface area contributed by atoms with Crippen molar-refractivity contribution in [2.75, 3.05) is 0 Å². The van der Waals surface area contributed by atoms with Crippen molar-refractivity contribution in [1.29, 1.82) is 0 Å². The van der Waals surface area contributed by atoms with Gasteiger partial charge in [-0.3, -0.25) is 0 Å². The van der Waals surface area contributed by atoms with Crippen molar-refractivity contribution in [1.82, 2.24) is 0 Å². The van der Waals surface area contributed by atoms with E-state index in [1.54, 1.807) is 0 Å².